The summed E-state index contributed by atoms with van der Waals surface area (Å²) in [7, 11) is 0. The first-order valence-electron chi connectivity index (χ1n) is 7.94. The number of nitrogens with zero attached hydrogens (tertiary/aromatic N) is 5. The molecule has 0 spiro atoms. The lowest BCUT2D eigenvalue weighted by atomic mass is 10.0. The highest BCUT2D eigenvalue weighted by Crippen LogP contribution is 2.26. The van der Waals surface area contributed by atoms with Crippen LogP contribution in [0.4, 0.5) is 0 Å². The quantitative estimate of drug-likeness (QED) is 0.789. The zero-order chi connectivity index (χ0) is 16.7. The maximum Gasteiger partial charge on any atom is 0.284 e. The van der Waals surface area contributed by atoms with Crippen LogP contribution in [0, 0.1) is 0 Å². The highest BCUT2D eigenvalue weighted by atomic mass is 32.1. The molecule has 2 aromatic heterocycles. The molecule has 8 heteroatoms. The summed E-state index contributed by atoms with van der Waals surface area (Å²) in [5, 5.41) is 22.7. The molecule has 1 saturated heterocycles. The highest BCUT2D eigenvalue weighted by Gasteiger charge is 2.25. The Labute approximate surface area is 142 Å². The maximum atomic E-state index is 12.5. The van der Waals surface area contributed by atoms with Crippen molar-refractivity contribution in [2.75, 3.05) is 13.1 Å². The minimum absolute atomic E-state index is 0.0220. The van der Waals surface area contributed by atoms with Crippen molar-refractivity contribution in [1.29, 1.82) is 0 Å². The van der Waals surface area contributed by atoms with Gasteiger partial charge in [0.05, 0.1) is 0 Å². The fourth-order valence-electron chi connectivity index (χ4n) is 2.96. The fraction of sp³-hybridized carbons (Fsp3) is 0.375. The first-order valence-corrected chi connectivity index (χ1v) is 8.75. The lowest BCUT2D eigenvalue weighted by molar-refractivity contribution is 0.0791. The number of fused-ring (bicyclic) bond motifs is 1. The van der Waals surface area contributed by atoms with E-state index < -0.39 is 0 Å². The molecule has 24 heavy (non-hydrogen) atoms. The van der Waals surface area contributed by atoms with Gasteiger partial charge in [0.1, 0.15) is 5.75 Å². The molecule has 3 heterocycles. The molecule has 1 unspecified atom stereocenters. The second-order valence-electron chi connectivity index (χ2n) is 5.97. The van der Waals surface area contributed by atoms with E-state index in [0.717, 1.165) is 31.5 Å². The van der Waals surface area contributed by atoms with E-state index in [1.165, 1.54) is 11.3 Å². The summed E-state index contributed by atoms with van der Waals surface area (Å²) in [6.07, 6.45) is 2.11. The number of likely N-dealkylation sites (tertiary alicyclic amines) is 1. The Kier molecular flexibility index (Phi) is 3.68. The Morgan fingerprint density at radius 2 is 1.92 bits per heavy atom. The molecule has 0 saturated carbocycles. The lowest BCUT2D eigenvalue weighted by Crippen LogP contribution is -2.27. The van der Waals surface area contributed by atoms with Crippen LogP contribution in [0.3, 0.4) is 0 Å². The third-order valence-electron chi connectivity index (χ3n) is 4.37. The first kappa shape index (κ1) is 15.1. The molecule has 0 radical (unpaired) electrons. The Morgan fingerprint density at radius 3 is 2.62 bits per heavy atom. The third-order valence-corrected chi connectivity index (χ3v) is 5.26. The number of phenols is 1. The molecule has 7 nitrogen and oxygen atoms in total. The summed E-state index contributed by atoms with van der Waals surface area (Å²) in [6, 6.07) is 6.99. The predicted octanol–water partition coefficient (Wildman–Crippen LogP) is 2.28. The van der Waals surface area contributed by atoms with Crippen molar-refractivity contribution in [2.24, 2.45) is 0 Å². The van der Waals surface area contributed by atoms with Crippen LogP contribution in [0.15, 0.2) is 24.3 Å². The van der Waals surface area contributed by atoms with E-state index >= 15 is 0 Å². The fourth-order valence-corrected chi connectivity index (χ4v) is 3.77. The Balaban J connectivity index is 1.66. The lowest BCUT2D eigenvalue weighted by Gasteiger charge is -2.12. The molecule has 0 aliphatic carbocycles. The van der Waals surface area contributed by atoms with Gasteiger partial charge in [-0.1, -0.05) is 30.4 Å². The molecule has 1 aliphatic rings. The van der Waals surface area contributed by atoms with Gasteiger partial charge in [-0.15, -0.1) is 15.3 Å². The molecule has 1 N–H and O–H groups in total. The van der Waals surface area contributed by atoms with E-state index in [9.17, 15) is 9.90 Å². The average Bonchev–Trinajstić information content (AvgIpc) is 3.31. The van der Waals surface area contributed by atoms with Gasteiger partial charge in [0.25, 0.3) is 5.91 Å². The van der Waals surface area contributed by atoms with Gasteiger partial charge in [-0.2, -0.15) is 4.52 Å². The van der Waals surface area contributed by atoms with E-state index in [0.29, 0.717) is 15.8 Å². The van der Waals surface area contributed by atoms with Crippen molar-refractivity contribution in [1.82, 2.24) is 24.7 Å². The van der Waals surface area contributed by atoms with E-state index in [4.69, 9.17) is 0 Å². The number of hydrogen-bond donors (Lipinski definition) is 1. The summed E-state index contributed by atoms with van der Waals surface area (Å²) in [4.78, 5) is 15.0. The number of benzene rings is 1. The standard InChI is InChI=1S/C16H17N5O2S/c1-10(11-4-6-12(22)7-5-11)13-17-18-16-21(13)19-14(24-16)15(23)20-8-2-3-9-20/h4-7,10,22H,2-3,8-9H2,1H3. The summed E-state index contributed by atoms with van der Waals surface area (Å²) >= 11 is 1.28. The molecule has 1 amide bonds. The molecule has 4 rings (SSSR count). The number of aromatic nitrogens is 4. The van der Waals surface area contributed by atoms with E-state index in [2.05, 4.69) is 15.3 Å². The number of rotatable bonds is 3. The molecule has 1 fully saturated rings. The number of aromatic hydroxyl groups is 1. The van der Waals surface area contributed by atoms with Crippen LogP contribution in [0.2, 0.25) is 0 Å². The smallest absolute Gasteiger partial charge is 0.284 e. The number of amides is 1. The molecule has 1 aromatic carbocycles. The maximum absolute atomic E-state index is 12.5. The minimum atomic E-state index is -0.0440. The van der Waals surface area contributed by atoms with Crippen molar-refractivity contribution < 1.29 is 9.90 Å². The Hall–Kier alpha value is -2.48. The van der Waals surface area contributed by atoms with Gasteiger partial charge in [-0.3, -0.25) is 4.79 Å². The second-order valence-corrected chi connectivity index (χ2v) is 6.93. The van der Waals surface area contributed by atoms with Crippen molar-refractivity contribution in [3.63, 3.8) is 0 Å². The predicted molar refractivity (Wildman–Crippen MR) is 89.4 cm³/mol. The largest absolute Gasteiger partial charge is 0.508 e. The van der Waals surface area contributed by atoms with Crippen LogP contribution in [-0.2, 0) is 0 Å². The van der Waals surface area contributed by atoms with E-state index in [1.54, 1.807) is 16.6 Å². The number of carbonyl (C=O) groups is 1. The monoisotopic (exact) mass is 343 g/mol. The van der Waals surface area contributed by atoms with Crippen molar-refractivity contribution in [3.05, 3.63) is 40.7 Å². The molecule has 124 valence electrons. The number of carbonyl (C=O) groups excluding carboxylic acids is 1. The van der Waals surface area contributed by atoms with Gasteiger partial charge in [0.2, 0.25) is 9.97 Å². The van der Waals surface area contributed by atoms with E-state index in [1.807, 2.05) is 24.0 Å². The summed E-state index contributed by atoms with van der Waals surface area (Å²) in [6.45, 7) is 3.61. The third kappa shape index (κ3) is 2.52. The molecular weight excluding hydrogens is 326 g/mol. The van der Waals surface area contributed by atoms with Crippen molar-refractivity contribution >= 4 is 22.2 Å². The molecule has 0 bridgehead atoms. The van der Waals surface area contributed by atoms with Crippen molar-refractivity contribution in [3.8, 4) is 5.75 Å². The van der Waals surface area contributed by atoms with Crippen LogP contribution < -0.4 is 0 Å². The van der Waals surface area contributed by atoms with Gasteiger partial charge < -0.3 is 10.0 Å². The summed E-state index contributed by atoms with van der Waals surface area (Å²) in [5.41, 5.74) is 1.00. The van der Waals surface area contributed by atoms with Gasteiger partial charge >= 0.3 is 0 Å². The minimum Gasteiger partial charge on any atom is -0.508 e. The van der Waals surface area contributed by atoms with Gasteiger partial charge in [-0.25, -0.2) is 0 Å². The number of phenolic OH excluding ortho intramolecular Hbond substituents is 1. The van der Waals surface area contributed by atoms with Gasteiger partial charge in [0.15, 0.2) is 5.82 Å². The average molecular weight is 343 g/mol. The summed E-state index contributed by atoms with van der Waals surface area (Å²) in [5.74, 6) is 0.848. The summed E-state index contributed by atoms with van der Waals surface area (Å²) < 4.78 is 1.66. The van der Waals surface area contributed by atoms with Crippen LogP contribution in [-0.4, -0.2) is 48.8 Å². The zero-order valence-corrected chi connectivity index (χ0v) is 14.0. The topological polar surface area (TPSA) is 83.6 Å². The van der Waals surface area contributed by atoms with Crippen LogP contribution in [0.5, 0.6) is 5.75 Å². The van der Waals surface area contributed by atoms with Crippen LogP contribution in [0.1, 0.15) is 46.9 Å². The molecular formula is C16H17N5O2S. The normalized spacial score (nSPS) is 16.0. The second kappa shape index (κ2) is 5.86. The van der Waals surface area contributed by atoms with Crippen LogP contribution >= 0.6 is 11.3 Å². The SMILES string of the molecule is CC(c1ccc(O)cc1)c1nnc2sc(C(=O)N3CCCC3)nn12. The Morgan fingerprint density at radius 1 is 1.21 bits per heavy atom. The first-order chi connectivity index (χ1) is 11.6. The Bertz CT molecular complexity index is 880. The van der Waals surface area contributed by atoms with Crippen LogP contribution in [0.25, 0.3) is 4.96 Å². The van der Waals surface area contributed by atoms with Crippen molar-refractivity contribution in [2.45, 2.75) is 25.7 Å². The van der Waals surface area contributed by atoms with E-state index in [-0.39, 0.29) is 17.6 Å². The molecule has 3 aromatic rings. The number of hydrogen-bond acceptors (Lipinski definition) is 6. The zero-order valence-electron chi connectivity index (χ0n) is 13.2. The molecule has 1 atom stereocenters. The highest BCUT2D eigenvalue weighted by molar-refractivity contribution is 7.18. The van der Waals surface area contributed by atoms with Gasteiger partial charge in [-0.05, 0) is 30.5 Å². The van der Waals surface area contributed by atoms with Gasteiger partial charge in [0, 0.05) is 19.0 Å². The molecule has 1 aliphatic heterocycles.